The molecule has 0 unspecified atom stereocenters. The summed E-state index contributed by atoms with van der Waals surface area (Å²) < 4.78 is 1.79. The van der Waals surface area contributed by atoms with Crippen LogP contribution in [0.3, 0.4) is 0 Å². The monoisotopic (exact) mass is 345 g/mol. The fraction of sp³-hybridized carbons (Fsp3) is 0.0556. The Kier molecular flexibility index (Phi) is 3.98. The number of amides is 1. The number of tetrazole rings is 1. The average Bonchev–Trinajstić information content (AvgIpc) is 3.34. The molecule has 0 radical (unpaired) electrons. The van der Waals surface area contributed by atoms with Gasteiger partial charge in [-0.15, -0.1) is 10.2 Å². The number of benzene rings is 2. The van der Waals surface area contributed by atoms with Crippen molar-refractivity contribution in [3.63, 3.8) is 0 Å². The van der Waals surface area contributed by atoms with Gasteiger partial charge in [0.1, 0.15) is 0 Å². The Balaban J connectivity index is 1.58. The number of aromatic amines is 1. The van der Waals surface area contributed by atoms with E-state index in [0.717, 1.165) is 16.9 Å². The third kappa shape index (κ3) is 2.95. The molecule has 0 saturated heterocycles. The lowest BCUT2D eigenvalue weighted by molar-refractivity contribution is 0.102. The third-order valence-corrected chi connectivity index (χ3v) is 3.96. The standard InChI is InChI=1S/C18H15N7O/c1-12-10-11-19-25(12)16-5-3-2-4-15(16)20-18(26)14-8-6-13(7-9-14)17-21-23-24-22-17/h2-11H,1H3,(H,20,26)(H,21,22,23,24). The molecule has 0 aliphatic carbocycles. The minimum Gasteiger partial charge on any atom is -0.320 e. The van der Waals surface area contributed by atoms with E-state index in [1.807, 2.05) is 37.3 Å². The van der Waals surface area contributed by atoms with E-state index in [4.69, 9.17) is 0 Å². The summed E-state index contributed by atoms with van der Waals surface area (Å²) >= 11 is 0. The summed E-state index contributed by atoms with van der Waals surface area (Å²) in [6.45, 7) is 1.96. The van der Waals surface area contributed by atoms with Gasteiger partial charge in [0, 0.05) is 23.0 Å². The fourth-order valence-electron chi connectivity index (χ4n) is 2.64. The SMILES string of the molecule is Cc1ccnn1-c1ccccc1NC(=O)c1ccc(-c2nn[nH]n2)cc1. The van der Waals surface area contributed by atoms with Crippen LogP contribution in [0.2, 0.25) is 0 Å². The number of anilines is 1. The van der Waals surface area contributed by atoms with Crippen LogP contribution in [0.1, 0.15) is 16.1 Å². The highest BCUT2D eigenvalue weighted by Gasteiger charge is 2.12. The first-order chi connectivity index (χ1) is 12.7. The van der Waals surface area contributed by atoms with Gasteiger partial charge >= 0.3 is 0 Å². The molecule has 2 heterocycles. The number of nitrogens with zero attached hydrogens (tertiary/aromatic N) is 5. The molecule has 128 valence electrons. The van der Waals surface area contributed by atoms with Gasteiger partial charge in [-0.05, 0) is 42.5 Å². The minimum atomic E-state index is -0.207. The molecule has 0 spiro atoms. The summed E-state index contributed by atoms with van der Waals surface area (Å²) in [4.78, 5) is 12.6. The zero-order valence-electron chi connectivity index (χ0n) is 13.9. The van der Waals surface area contributed by atoms with Crippen LogP contribution in [0.15, 0.2) is 60.8 Å². The first-order valence-corrected chi connectivity index (χ1v) is 7.97. The van der Waals surface area contributed by atoms with Gasteiger partial charge in [0.15, 0.2) is 0 Å². The van der Waals surface area contributed by atoms with Crippen molar-refractivity contribution >= 4 is 11.6 Å². The molecule has 2 N–H and O–H groups in total. The van der Waals surface area contributed by atoms with Crippen LogP contribution in [0.25, 0.3) is 17.1 Å². The molecule has 2 aromatic heterocycles. The Morgan fingerprint density at radius 1 is 1.08 bits per heavy atom. The molecule has 0 bridgehead atoms. The summed E-state index contributed by atoms with van der Waals surface area (Å²) in [5.74, 6) is 0.276. The zero-order chi connectivity index (χ0) is 17.9. The van der Waals surface area contributed by atoms with Crippen LogP contribution in [0.5, 0.6) is 0 Å². The van der Waals surface area contributed by atoms with Gasteiger partial charge in [-0.1, -0.05) is 24.3 Å². The first kappa shape index (κ1) is 15.7. The van der Waals surface area contributed by atoms with Crippen LogP contribution in [0, 0.1) is 6.92 Å². The van der Waals surface area contributed by atoms with Crippen molar-refractivity contribution in [3.8, 4) is 17.1 Å². The number of para-hydroxylation sites is 2. The molecule has 0 fully saturated rings. The van der Waals surface area contributed by atoms with E-state index in [9.17, 15) is 4.79 Å². The molecule has 4 rings (SSSR count). The van der Waals surface area contributed by atoms with E-state index < -0.39 is 0 Å². The molecule has 0 aliphatic heterocycles. The fourth-order valence-corrected chi connectivity index (χ4v) is 2.64. The third-order valence-electron chi connectivity index (χ3n) is 3.96. The lowest BCUT2D eigenvalue weighted by Crippen LogP contribution is -2.14. The first-order valence-electron chi connectivity index (χ1n) is 7.97. The van der Waals surface area contributed by atoms with E-state index in [1.54, 1.807) is 35.1 Å². The maximum Gasteiger partial charge on any atom is 0.255 e. The normalized spacial score (nSPS) is 10.7. The summed E-state index contributed by atoms with van der Waals surface area (Å²) in [6.07, 6.45) is 1.73. The molecule has 4 aromatic rings. The Labute approximate surface area is 148 Å². The Bertz CT molecular complexity index is 1040. The highest BCUT2D eigenvalue weighted by molar-refractivity contribution is 6.05. The second kappa shape index (κ2) is 6.60. The van der Waals surface area contributed by atoms with E-state index in [2.05, 4.69) is 31.0 Å². The van der Waals surface area contributed by atoms with Gasteiger partial charge in [-0.25, -0.2) is 4.68 Å². The molecule has 8 heteroatoms. The van der Waals surface area contributed by atoms with E-state index >= 15 is 0 Å². The van der Waals surface area contributed by atoms with Crippen molar-refractivity contribution < 1.29 is 4.79 Å². The molecular formula is C18H15N7O. The molecule has 2 aromatic carbocycles. The predicted octanol–water partition coefficient (Wildman–Crippen LogP) is 2.61. The Hall–Kier alpha value is -3.81. The average molecular weight is 345 g/mol. The number of carbonyl (C=O) groups excluding carboxylic acids is 1. The van der Waals surface area contributed by atoms with Crippen LogP contribution in [-0.4, -0.2) is 36.3 Å². The Morgan fingerprint density at radius 3 is 2.58 bits per heavy atom. The van der Waals surface area contributed by atoms with E-state index in [-0.39, 0.29) is 5.91 Å². The zero-order valence-corrected chi connectivity index (χ0v) is 13.9. The molecule has 0 atom stereocenters. The highest BCUT2D eigenvalue weighted by Crippen LogP contribution is 2.22. The highest BCUT2D eigenvalue weighted by atomic mass is 16.1. The van der Waals surface area contributed by atoms with Gasteiger partial charge in [0.05, 0.1) is 11.4 Å². The smallest absolute Gasteiger partial charge is 0.255 e. The quantitative estimate of drug-likeness (QED) is 0.592. The lowest BCUT2D eigenvalue weighted by Gasteiger charge is -2.12. The number of aryl methyl sites for hydroxylation is 1. The number of aromatic nitrogens is 6. The Morgan fingerprint density at radius 2 is 1.88 bits per heavy atom. The molecular weight excluding hydrogens is 330 g/mol. The molecule has 1 amide bonds. The van der Waals surface area contributed by atoms with Gasteiger partial charge in [0.25, 0.3) is 5.91 Å². The largest absolute Gasteiger partial charge is 0.320 e. The topological polar surface area (TPSA) is 101 Å². The number of carbonyl (C=O) groups is 1. The molecule has 0 aliphatic rings. The van der Waals surface area contributed by atoms with Crippen LogP contribution < -0.4 is 5.32 Å². The van der Waals surface area contributed by atoms with Gasteiger partial charge < -0.3 is 5.32 Å². The van der Waals surface area contributed by atoms with Gasteiger partial charge in [-0.3, -0.25) is 4.79 Å². The molecule has 8 nitrogen and oxygen atoms in total. The summed E-state index contributed by atoms with van der Waals surface area (Å²) in [7, 11) is 0. The van der Waals surface area contributed by atoms with Crippen molar-refractivity contribution in [2.75, 3.05) is 5.32 Å². The second-order valence-electron chi connectivity index (χ2n) is 5.67. The van der Waals surface area contributed by atoms with Crippen molar-refractivity contribution in [3.05, 3.63) is 72.1 Å². The summed E-state index contributed by atoms with van der Waals surface area (Å²) in [6, 6.07) is 16.5. The second-order valence-corrected chi connectivity index (χ2v) is 5.67. The van der Waals surface area contributed by atoms with Crippen LogP contribution in [0.4, 0.5) is 5.69 Å². The number of rotatable bonds is 4. The van der Waals surface area contributed by atoms with Crippen molar-refractivity contribution in [2.24, 2.45) is 0 Å². The number of hydrogen-bond acceptors (Lipinski definition) is 5. The molecule has 26 heavy (non-hydrogen) atoms. The summed E-state index contributed by atoms with van der Waals surface area (Å²) in [5, 5.41) is 21.0. The van der Waals surface area contributed by atoms with Crippen molar-refractivity contribution in [2.45, 2.75) is 6.92 Å². The van der Waals surface area contributed by atoms with Crippen LogP contribution in [-0.2, 0) is 0 Å². The van der Waals surface area contributed by atoms with E-state index in [0.29, 0.717) is 17.1 Å². The molecule has 0 saturated carbocycles. The lowest BCUT2D eigenvalue weighted by atomic mass is 10.1. The van der Waals surface area contributed by atoms with E-state index in [1.165, 1.54) is 0 Å². The predicted molar refractivity (Wildman–Crippen MR) is 95.9 cm³/mol. The van der Waals surface area contributed by atoms with Gasteiger partial charge in [0.2, 0.25) is 5.82 Å². The number of nitrogens with one attached hydrogen (secondary N) is 2. The number of hydrogen-bond donors (Lipinski definition) is 2. The van der Waals surface area contributed by atoms with Crippen molar-refractivity contribution in [1.82, 2.24) is 30.4 Å². The van der Waals surface area contributed by atoms with Crippen LogP contribution >= 0.6 is 0 Å². The number of H-pyrrole nitrogens is 1. The summed E-state index contributed by atoms with van der Waals surface area (Å²) in [5.41, 5.74) is 3.79. The maximum atomic E-state index is 12.6. The van der Waals surface area contributed by atoms with Crippen molar-refractivity contribution in [1.29, 1.82) is 0 Å². The van der Waals surface area contributed by atoms with Gasteiger partial charge in [-0.2, -0.15) is 10.3 Å². The minimum absolute atomic E-state index is 0.207. The maximum absolute atomic E-state index is 12.6.